The van der Waals surface area contributed by atoms with Crippen LogP contribution in [0.25, 0.3) is 0 Å². The Kier molecular flexibility index (Phi) is 6.45. The number of piperazine rings is 1. The summed E-state index contributed by atoms with van der Waals surface area (Å²) < 4.78 is 27.1. The van der Waals surface area contributed by atoms with Crippen LogP contribution in [0, 0.1) is 0 Å². The second kappa shape index (κ2) is 8.82. The van der Waals surface area contributed by atoms with Gasteiger partial charge in [0.05, 0.1) is 6.10 Å². The summed E-state index contributed by atoms with van der Waals surface area (Å²) in [5.41, 5.74) is 0.836. The van der Waals surface area contributed by atoms with Gasteiger partial charge < -0.3 is 15.3 Å². The Hall–Kier alpha value is -2.27. The first kappa shape index (κ1) is 20.5. The first-order chi connectivity index (χ1) is 13.4. The van der Waals surface area contributed by atoms with Crippen molar-refractivity contribution in [2.24, 2.45) is 0 Å². The molecule has 1 fully saturated rings. The number of anilines is 2. The Morgan fingerprint density at radius 3 is 2.46 bits per heavy atom. The van der Waals surface area contributed by atoms with Crippen LogP contribution in [-0.2, 0) is 10.2 Å². The smallest absolute Gasteiger partial charge is 0.281 e. The van der Waals surface area contributed by atoms with Gasteiger partial charge in [-0.15, -0.1) is 0 Å². The highest BCUT2D eigenvalue weighted by molar-refractivity contribution is 7.86. The van der Waals surface area contributed by atoms with Gasteiger partial charge in [0.2, 0.25) is 0 Å². The molecule has 1 aliphatic heterocycles. The van der Waals surface area contributed by atoms with Crippen molar-refractivity contribution in [2.75, 3.05) is 57.0 Å². The van der Waals surface area contributed by atoms with E-state index in [4.69, 9.17) is 0 Å². The summed E-state index contributed by atoms with van der Waals surface area (Å²) in [7, 11) is -0.320. The zero-order chi connectivity index (χ0) is 20.1. The maximum absolute atomic E-state index is 12.2. The molecule has 3 rings (SSSR count). The van der Waals surface area contributed by atoms with Crippen LogP contribution in [0.2, 0.25) is 0 Å². The molecule has 1 saturated heterocycles. The van der Waals surface area contributed by atoms with Crippen molar-refractivity contribution < 1.29 is 13.5 Å². The van der Waals surface area contributed by atoms with Crippen LogP contribution in [0.15, 0.2) is 42.7 Å². The summed E-state index contributed by atoms with van der Waals surface area (Å²) in [6.45, 7) is 2.24. The van der Waals surface area contributed by atoms with Crippen molar-refractivity contribution in [3.63, 3.8) is 0 Å². The molecule has 0 radical (unpaired) electrons. The summed E-state index contributed by atoms with van der Waals surface area (Å²) in [6, 6.07) is 11.2. The van der Waals surface area contributed by atoms with Crippen molar-refractivity contribution >= 4 is 21.8 Å². The predicted molar refractivity (Wildman–Crippen MR) is 108 cm³/mol. The Morgan fingerprint density at radius 1 is 1.14 bits per heavy atom. The number of aliphatic hydroxyl groups is 1. The minimum Gasteiger partial charge on any atom is -0.387 e. The first-order valence-electron chi connectivity index (χ1n) is 9.09. The molecule has 9 nitrogen and oxygen atoms in total. The van der Waals surface area contributed by atoms with Gasteiger partial charge in [0, 0.05) is 52.9 Å². The number of hydrogen-bond acceptors (Lipinski definition) is 7. The largest absolute Gasteiger partial charge is 0.387 e. The molecule has 0 amide bonds. The lowest BCUT2D eigenvalue weighted by Gasteiger charge is -2.35. The van der Waals surface area contributed by atoms with Crippen LogP contribution < -0.4 is 10.2 Å². The van der Waals surface area contributed by atoms with Crippen LogP contribution in [0.1, 0.15) is 11.7 Å². The lowest BCUT2D eigenvalue weighted by Crippen LogP contribution is -2.51. The van der Waals surface area contributed by atoms with Gasteiger partial charge in [-0.25, -0.2) is 9.97 Å². The fourth-order valence-electron chi connectivity index (χ4n) is 2.99. The number of aliphatic hydroxyl groups excluding tert-OH is 1. The van der Waals surface area contributed by atoms with E-state index in [0.29, 0.717) is 38.5 Å². The molecule has 2 aromatic rings. The van der Waals surface area contributed by atoms with Crippen LogP contribution in [0.3, 0.4) is 0 Å². The maximum atomic E-state index is 12.2. The second-order valence-electron chi connectivity index (χ2n) is 6.75. The third-order valence-corrected chi connectivity index (χ3v) is 6.60. The average molecular weight is 407 g/mol. The summed E-state index contributed by atoms with van der Waals surface area (Å²) in [5.74, 6) is 1.34. The topological polar surface area (TPSA) is 102 Å². The van der Waals surface area contributed by atoms with Crippen molar-refractivity contribution in [1.82, 2.24) is 18.6 Å². The fraction of sp³-hybridized carbons (Fsp3) is 0.444. The van der Waals surface area contributed by atoms with Gasteiger partial charge in [0.25, 0.3) is 10.2 Å². The standard InChI is InChI=1S/C18H26N6O3S/c1-22(2)28(26,27)24-10-8-23(9-11-24)18-12-17(20-14-21-18)19-13-16(25)15-6-4-3-5-7-15/h3-7,12,14,16,25H,8-11,13H2,1-2H3,(H,19,20,21). The molecular weight excluding hydrogens is 380 g/mol. The molecule has 152 valence electrons. The van der Waals surface area contributed by atoms with Gasteiger partial charge in [-0.1, -0.05) is 30.3 Å². The molecule has 1 unspecified atom stereocenters. The summed E-state index contributed by atoms with van der Waals surface area (Å²) in [6.07, 6.45) is 0.828. The lowest BCUT2D eigenvalue weighted by atomic mass is 10.1. The molecule has 2 N–H and O–H groups in total. The SMILES string of the molecule is CN(C)S(=O)(=O)N1CCN(c2cc(NCC(O)c3ccccc3)ncn2)CC1. The first-order valence-corrected chi connectivity index (χ1v) is 10.5. The van der Waals surface area contributed by atoms with Gasteiger partial charge in [-0.2, -0.15) is 17.0 Å². The van der Waals surface area contributed by atoms with Crippen LogP contribution in [0.4, 0.5) is 11.6 Å². The average Bonchev–Trinajstić information content (AvgIpc) is 2.73. The minimum absolute atomic E-state index is 0.329. The number of rotatable bonds is 7. The highest BCUT2D eigenvalue weighted by Crippen LogP contribution is 2.19. The molecule has 0 aliphatic carbocycles. The molecule has 2 heterocycles. The van der Waals surface area contributed by atoms with E-state index < -0.39 is 16.3 Å². The normalized spacial score (nSPS) is 16.9. The quantitative estimate of drug-likeness (QED) is 0.692. The molecule has 1 aromatic carbocycles. The molecule has 10 heteroatoms. The lowest BCUT2D eigenvalue weighted by molar-refractivity contribution is 0.191. The van der Waals surface area contributed by atoms with Crippen LogP contribution in [-0.4, -0.2) is 78.9 Å². The molecule has 28 heavy (non-hydrogen) atoms. The van der Waals surface area contributed by atoms with E-state index in [1.165, 1.54) is 29.0 Å². The number of nitrogens with zero attached hydrogens (tertiary/aromatic N) is 5. The van der Waals surface area contributed by atoms with E-state index in [1.54, 1.807) is 0 Å². The maximum Gasteiger partial charge on any atom is 0.281 e. The molecule has 1 aromatic heterocycles. The third-order valence-electron chi connectivity index (χ3n) is 4.66. The second-order valence-corrected chi connectivity index (χ2v) is 8.89. The van der Waals surface area contributed by atoms with Crippen molar-refractivity contribution in [1.29, 1.82) is 0 Å². The monoisotopic (exact) mass is 406 g/mol. The summed E-state index contributed by atoms with van der Waals surface area (Å²) in [5, 5.41) is 13.4. The van der Waals surface area contributed by atoms with E-state index >= 15 is 0 Å². The molecule has 1 atom stereocenters. The third kappa shape index (κ3) is 4.76. The van der Waals surface area contributed by atoms with E-state index in [2.05, 4.69) is 15.3 Å². The number of nitrogens with one attached hydrogen (secondary N) is 1. The highest BCUT2D eigenvalue weighted by Gasteiger charge is 2.29. The summed E-state index contributed by atoms with van der Waals surface area (Å²) in [4.78, 5) is 10.5. The predicted octanol–water partition coefficient (Wildman–Crippen LogP) is 0.551. The van der Waals surface area contributed by atoms with Crippen molar-refractivity contribution in [3.05, 3.63) is 48.3 Å². The molecular formula is C18H26N6O3S. The van der Waals surface area contributed by atoms with Gasteiger partial charge in [-0.3, -0.25) is 0 Å². The van der Waals surface area contributed by atoms with Gasteiger partial charge >= 0.3 is 0 Å². The van der Waals surface area contributed by atoms with Gasteiger partial charge in [0.1, 0.15) is 18.0 Å². The minimum atomic E-state index is -3.39. The number of benzene rings is 1. The molecule has 1 aliphatic rings. The zero-order valence-electron chi connectivity index (χ0n) is 16.1. The van der Waals surface area contributed by atoms with Crippen LogP contribution in [0.5, 0.6) is 0 Å². The molecule has 0 bridgehead atoms. The highest BCUT2D eigenvalue weighted by atomic mass is 32.2. The van der Waals surface area contributed by atoms with E-state index in [-0.39, 0.29) is 0 Å². The number of hydrogen-bond donors (Lipinski definition) is 2. The Bertz CT molecular complexity index is 870. The number of aromatic nitrogens is 2. The van der Waals surface area contributed by atoms with Crippen molar-refractivity contribution in [3.8, 4) is 0 Å². The van der Waals surface area contributed by atoms with E-state index in [9.17, 15) is 13.5 Å². The zero-order valence-corrected chi connectivity index (χ0v) is 16.9. The fourth-order valence-corrected chi connectivity index (χ4v) is 4.08. The summed E-state index contributed by atoms with van der Waals surface area (Å²) >= 11 is 0. The van der Waals surface area contributed by atoms with E-state index in [1.807, 2.05) is 41.3 Å². The van der Waals surface area contributed by atoms with Gasteiger partial charge in [-0.05, 0) is 5.56 Å². The Balaban J connectivity index is 1.58. The van der Waals surface area contributed by atoms with E-state index in [0.717, 1.165) is 11.4 Å². The Labute approximate surface area is 165 Å². The van der Waals surface area contributed by atoms with Gasteiger partial charge in [0.15, 0.2) is 0 Å². The Morgan fingerprint density at radius 2 is 1.82 bits per heavy atom. The molecule has 0 saturated carbocycles. The van der Waals surface area contributed by atoms with Crippen LogP contribution >= 0.6 is 0 Å². The van der Waals surface area contributed by atoms with Crippen molar-refractivity contribution in [2.45, 2.75) is 6.10 Å². The molecule has 0 spiro atoms.